The fourth-order valence-corrected chi connectivity index (χ4v) is 2.76. The molecule has 1 atom stereocenters. The topological polar surface area (TPSA) is 71.3 Å². The summed E-state index contributed by atoms with van der Waals surface area (Å²) >= 11 is 4.71. The summed E-state index contributed by atoms with van der Waals surface area (Å²) in [5.74, 6) is -0.743. The predicted molar refractivity (Wildman–Crippen MR) is 95.7 cm³/mol. The molecule has 1 aromatic heterocycles. The Hall–Kier alpha value is -1.80. The number of halogens is 2. The average Bonchev–Trinajstić information content (AvgIpc) is 3.08. The van der Waals surface area contributed by atoms with Crippen molar-refractivity contribution in [3.05, 3.63) is 52.6 Å². The van der Waals surface area contributed by atoms with E-state index in [1.807, 2.05) is 6.26 Å². The molecule has 0 saturated carbocycles. The summed E-state index contributed by atoms with van der Waals surface area (Å²) in [5.41, 5.74) is 0.0598. The number of amides is 2. The van der Waals surface area contributed by atoms with Crippen molar-refractivity contribution in [1.29, 1.82) is 0 Å². The van der Waals surface area contributed by atoms with E-state index in [1.165, 1.54) is 24.5 Å². The Morgan fingerprint density at radius 2 is 2.17 bits per heavy atom. The molecule has 2 rings (SSSR count). The third-order valence-electron chi connectivity index (χ3n) is 3.17. The lowest BCUT2D eigenvalue weighted by Gasteiger charge is -2.18. The molecule has 2 aromatic rings. The molecule has 2 N–H and O–H groups in total. The van der Waals surface area contributed by atoms with Gasteiger partial charge in [-0.1, -0.05) is 15.9 Å². The van der Waals surface area contributed by atoms with Crippen LogP contribution < -0.4 is 10.6 Å². The van der Waals surface area contributed by atoms with E-state index in [9.17, 15) is 14.0 Å². The number of thioether (sulfide) groups is 1. The quantitative estimate of drug-likeness (QED) is 0.724. The minimum absolute atomic E-state index is 0.0598. The molecular weight excluding hydrogens is 399 g/mol. The van der Waals surface area contributed by atoms with E-state index >= 15 is 0 Å². The van der Waals surface area contributed by atoms with Gasteiger partial charge in [0.2, 0.25) is 5.91 Å². The Labute approximate surface area is 151 Å². The summed E-state index contributed by atoms with van der Waals surface area (Å²) in [6.07, 6.45) is 3.69. The lowest BCUT2D eigenvalue weighted by atomic mass is 10.2. The van der Waals surface area contributed by atoms with Crippen LogP contribution >= 0.6 is 27.7 Å². The van der Waals surface area contributed by atoms with Crippen LogP contribution in [0.4, 0.5) is 10.1 Å². The highest BCUT2D eigenvalue weighted by Crippen LogP contribution is 2.19. The fourth-order valence-electron chi connectivity index (χ4n) is 1.95. The van der Waals surface area contributed by atoms with Gasteiger partial charge in [0.15, 0.2) is 5.76 Å². The van der Waals surface area contributed by atoms with Crippen LogP contribution in [-0.2, 0) is 4.79 Å². The lowest BCUT2D eigenvalue weighted by molar-refractivity contribution is -0.118. The summed E-state index contributed by atoms with van der Waals surface area (Å²) in [5, 5.41) is 5.12. The van der Waals surface area contributed by atoms with Crippen LogP contribution in [0.3, 0.4) is 0 Å². The molecule has 8 heteroatoms. The molecule has 0 aliphatic rings. The van der Waals surface area contributed by atoms with Crippen LogP contribution in [0.5, 0.6) is 0 Å². The molecule has 1 heterocycles. The molecule has 0 radical (unpaired) electrons. The lowest BCUT2D eigenvalue weighted by Crippen LogP contribution is -2.44. The number of nitrogens with one attached hydrogen (secondary N) is 2. The number of carbonyl (C=O) groups excluding carboxylic acids is 2. The van der Waals surface area contributed by atoms with E-state index in [4.69, 9.17) is 4.42 Å². The largest absolute Gasteiger partial charge is 0.459 e. The molecule has 24 heavy (non-hydrogen) atoms. The number of benzene rings is 1. The van der Waals surface area contributed by atoms with E-state index in [2.05, 4.69) is 26.6 Å². The smallest absolute Gasteiger partial charge is 0.287 e. The molecule has 128 valence electrons. The van der Waals surface area contributed by atoms with E-state index in [1.54, 1.807) is 23.9 Å². The van der Waals surface area contributed by atoms with Crippen molar-refractivity contribution in [3.8, 4) is 0 Å². The SMILES string of the molecule is CSCCC(NC(=O)c1ccco1)C(=O)Nc1ccc(Br)cc1F. The van der Waals surface area contributed by atoms with Crippen LogP contribution in [0, 0.1) is 5.82 Å². The van der Waals surface area contributed by atoms with Crippen molar-refractivity contribution in [2.45, 2.75) is 12.5 Å². The summed E-state index contributed by atoms with van der Waals surface area (Å²) in [7, 11) is 0. The number of rotatable bonds is 7. The normalized spacial score (nSPS) is 11.8. The zero-order valence-electron chi connectivity index (χ0n) is 12.8. The molecule has 1 unspecified atom stereocenters. The minimum atomic E-state index is -0.793. The van der Waals surface area contributed by atoms with Crippen molar-refractivity contribution in [2.24, 2.45) is 0 Å². The van der Waals surface area contributed by atoms with Gasteiger partial charge in [0, 0.05) is 4.47 Å². The first-order valence-electron chi connectivity index (χ1n) is 7.10. The van der Waals surface area contributed by atoms with Crippen molar-refractivity contribution in [1.82, 2.24) is 5.32 Å². The number of furan rings is 1. The van der Waals surface area contributed by atoms with Gasteiger partial charge >= 0.3 is 0 Å². The average molecular weight is 415 g/mol. The third-order valence-corrected chi connectivity index (χ3v) is 4.30. The van der Waals surface area contributed by atoms with Gasteiger partial charge in [-0.25, -0.2) is 4.39 Å². The molecule has 0 fully saturated rings. The molecule has 1 aromatic carbocycles. The second kappa shape index (κ2) is 8.89. The van der Waals surface area contributed by atoms with Crippen LogP contribution in [0.25, 0.3) is 0 Å². The molecule has 2 amide bonds. The Morgan fingerprint density at radius 3 is 2.79 bits per heavy atom. The molecule has 5 nitrogen and oxygen atoms in total. The highest BCUT2D eigenvalue weighted by Gasteiger charge is 2.23. The van der Waals surface area contributed by atoms with Gasteiger partial charge in [-0.2, -0.15) is 11.8 Å². The Kier molecular flexibility index (Phi) is 6.86. The predicted octanol–water partition coefficient (Wildman–Crippen LogP) is 3.67. The molecule has 0 saturated heterocycles. The van der Waals surface area contributed by atoms with Gasteiger partial charge in [-0.3, -0.25) is 9.59 Å². The van der Waals surface area contributed by atoms with Crippen LogP contribution in [0.15, 0.2) is 45.5 Å². The zero-order valence-corrected chi connectivity index (χ0v) is 15.2. The minimum Gasteiger partial charge on any atom is -0.459 e. The zero-order chi connectivity index (χ0) is 17.5. The standard InChI is InChI=1S/C16H16BrFN2O3S/c1-24-8-6-13(20-16(22)14-3-2-7-23-14)15(21)19-12-5-4-10(17)9-11(12)18/h2-5,7,9,13H,6,8H2,1H3,(H,19,21)(H,20,22). The second-order valence-corrected chi connectivity index (χ2v) is 6.80. The first-order chi connectivity index (χ1) is 11.5. The Balaban J connectivity index is 2.08. The van der Waals surface area contributed by atoms with E-state index in [-0.39, 0.29) is 11.4 Å². The van der Waals surface area contributed by atoms with Gasteiger partial charge in [-0.15, -0.1) is 0 Å². The van der Waals surface area contributed by atoms with Crippen molar-refractivity contribution < 1.29 is 18.4 Å². The summed E-state index contributed by atoms with van der Waals surface area (Å²) < 4.78 is 19.4. The monoisotopic (exact) mass is 414 g/mol. The fraction of sp³-hybridized carbons (Fsp3) is 0.250. The van der Waals surface area contributed by atoms with E-state index in [0.29, 0.717) is 16.6 Å². The molecule has 0 aliphatic heterocycles. The van der Waals surface area contributed by atoms with E-state index in [0.717, 1.165) is 0 Å². The number of anilines is 1. The van der Waals surface area contributed by atoms with E-state index < -0.39 is 23.7 Å². The van der Waals surface area contributed by atoms with Gasteiger partial charge in [0.1, 0.15) is 11.9 Å². The molecule has 0 spiro atoms. The van der Waals surface area contributed by atoms with Gasteiger partial charge in [-0.05, 0) is 48.8 Å². The summed E-state index contributed by atoms with van der Waals surface area (Å²) in [6.45, 7) is 0. The first kappa shape index (κ1) is 18.5. The summed E-state index contributed by atoms with van der Waals surface area (Å²) in [6, 6.07) is 6.64. The number of carbonyl (C=O) groups is 2. The second-order valence-electron chi connectivity index (χ2n) is 4.90. The van der Waals surface area contributed by atoms with Crippen molar-refractivity contribution in [3.63, 3.8) is 0 Å². The summed E-state index contributed by atoms with van der Waals surface area (Å²) in [4.78, 5) is 24.5. The maximum absolute atomic E-state index is 13.9. The van der Waals surface area contributed by atoms with Crippen molar-refractivity contribution in [2.75, 3.05) is 17.3 Å². The molecule has 0 bridgehead atoms. The number of hydrogen-bond acceptors (Lipinski definition) is 4. The molecular formula is C16H16BrFN2O3S. The Bertz CT molecular complexity index is 709. The highest BCUT2D eigenvalue weighted by atomic mass is 79.9. The Morgan fingerprint density at radius 1 is 1.38 bits per heavy atom. The van der Waals surface area contributed by atoms with Crippen LogP contribution in [0.1, 0.15) is 17.0 Å². The van der Waals surface area contributed by atoms with Crippen LogP contribution in [0.2, 0.25) is 0 Å². The third kappa shape index (κ3) is 5.10. The van der Waals surface area contributed by atoms with Gasteiger partial charge in [0.05, 0.1) is 12.0 Å². The molecule has 0 aliphatic carbocycles. The maximum atomic E-state index is 13.9. The first-order valence-corrected chi connectivity index (χ1v) is 9.29. The van der Waals surface area contributed by atoms with Gasteiger partial charge in [0.25, 0.3) is 5.91 Å². The van der Waals surface area contributed by atoms with Crippen molar-refractivity contribution >= 4 is 45.2 Å². The number of hydrogen-bond donors (Lipinski definition) is 2. The van der Waals surface area contributed by atoms with Crippen LogP contribution in [-0.4, -0.2) is 29.9 Å². The van der Waals surface area contributed by atoms with Gasteiger partial charge < -0.3 is 15.1 Å². The maximum Gasteiger partial charge on any atom is 0.287 e. The highest BCUT2D eigenvalue weighted by molar-refractivity contribution is 9.10.